The first-order valence-corrected chi connectivity index (χ1v) is 11.2. The second kappa shape index (κ2) is 8.75. The lowest BCUT2D eigenvalue weighted by Crippen LogP contribution is -2.41. The third-order valence-electron chi connectivity index (χ3n) is 6.37. The summed E-state index contributed by atoms with van der Waals surface area (Å²) in [6.07, 6.45) is 6.21. The third kappa shape index (κ3) is 4.33. The molecule has 2 heterocycles. The molecular weight excluding hydrogens is 391 g/mol. The van der Waals surface area contributed by atoms with Crippen LogP contribution in [-0.4, -0.2) is 28.9 Å². The van der Waals surface area contributed by atoms with Crippen molar-refractivity contribution >= 4 is 16.8 Å². The Morgan fingerprint density at radius 2 is 1.87 bits per heavy atom. The van der Waals surface area contributed by atoms with Crippen LogP contribution < -0.4 is 0 Å². The molecule has 2 unspecified atom stereocenters. The summed E-state index contributed by atoms with van der Waals surface area (Å²) in [6.45, 7) is 1.34. The smallest absolute Gasteiger partial charge is 0.223 e. The Morgan fingerprint density at radius 3 is 2.65 bits per heavy atom. The van der Waals surface area contributed by atoms with E-state index in [9.17, 15) is 9.18 Å². The molecular formula is C26H27FN2O2. The Morgan fingerprint density at radius 1 is 1.06 bits per heavy atom. The van der Waals surface area contributed by atoms with Gasteiger partial charge in [0.05, 0.1) is 18.2 Å². The van der Waals surface area contributed by atoms with Crippen molar-refractivity contribution in [1.29, 1.82) is 0 Å². The molecule has 0 radical (unpaired) electrons. The van der Waals surface area contributed by atoms with Crippen LogP contribution in [-0.2, 0) is 9.53 Å². The second-order valence-electron chi connectivity index (χ2n) is 8.66. The van der Waals surface area contributed by atoms with Gasteiger partial charge in [0.25, 0.3) is 0 Å². The van der Waals surface area contributed by atoms with Crippen LogP contribution in [0.1, 0.15) is 55.4 Å². The first kappa shape index (κ1) is 20.1. The zero-order valence-corrected chi connectivity index (χ0v) is 17.5. The number of para-hydroxylation sites is 1. The first-order valence-electron chi connectivity index (χ1n) is 11.2. The van der Waals surface area contributed by atoms with Gasteiger partial charge in [0, 0.05) is 30.1 Å². The number of hydrogen-bond acceptors (Lipinski definition) is 3. The van der Waals surface area contributed by atoms with Gasteiger partial charge in [-0.2, -0.15) is 0 Å². The monoisotopic (exact) mass is 418 g/mol. The topological polar surface area (TPSA) is 42.4 Å². The number of amides is 1. The molecule has 2 aromatic carbocycles. The molecule has 4 nitrogen and oxygen atoms in total. The van der Waals surface area contributed by atoms with E-state index in [1.165, 1.54) is 25.0 Å². The van der Waals surface area contributed by atoms with E-state index in [-0.39, 0.29) is 23.9 Å². The van der Waals surface area contributed by atoms with Gasteiger partial charge in [-0.1, -0.05) is 36.4 Å². The molecule has 1 aliphatic carbocycles. The van der Waals surface area contributed by atoms with Crippen molar-refractivity contribution in [3.05, 3.63) is 77.7 Å². The Kier molecular flexibility index (Phi) is 5.68. The minimum atomic E-state index is -0.369. The van der Waals surface area contributed by atoms with E-state index in [0.29, 0.717) is 25.5 Å². The summed E-state index contributed by atoms with van der Waals surface area (Å²) in [4.78, 5) is 19.6. The number of carbonyl (C=O) groups excluding carboxylic acids is 1. The summed E-state index contributed by atoms with van der Waals surface area (Å²) in [7, 11) is 0. The number of benzene rings is 2. The normalized spacial score (nSPS) is 18.9. The van der Waals surface area contributed by atoms with Gasteiger partial charge in [-0.15, -0.1) is 0 Å². The van der Waals surface area contributed by atoms with Gasteiger partial charge >= 0.3 is 0 Å². The maximum atomic E-state index is 13.7. The number of carbonyl (C=O) groups is 1. The van der Waals surface area contributed by atoms with Crippen LogP contribution in [0.4, 0.5) is 4.39 Å². The fourth-order valence-corrected chi connectivity index (χ4v) is 4.53. The molecule has 1 aromatic heterocycles. The molecule has 0 N–H and O–H groups in total. The van der Waals surface area contributed by atoms with Crippen molar-refractivity contribution in [2.45, 2.75) is 44.2 Å². The summed E-state index contributed by atoms with van der Waals surface area (Å²) in [6, 6.07) is 16.3. The molecule has 1 amide bonds. The molecule has 3 aromatic rings. The average Bonchev–Trinajstić information content (AvgIpc) is 3.63. The summed E-state index contributed by atoms with van der Waals surface area (Å²) in [5.41, 5.74) is 2.76. The Balaban J connectivity index is 1.63. The number of halogens is 1. The van der Waals surface area contributed by atoms with Crippen molar-refractivity contribution < 1.29 is 13.9 Å². The van der Waals surface area contributed by atoms with Crippen LogP contribution in [0.15, 0.2) is 60.8 Å². The number of rotatable bonds is 7. The van der Waals surface area contributed by atoms with Crippen LogP contribution in [0.5, 0.6) is 0 Å². The molecule has 1 saturated heterocycles. The second-order valence-corrected chi connectivity index (χ2v) is 8.66. The number of pyridine rings is 1. The van der Waals surface area contributed by atoms with Crippen molar-refractivity contribution in [2.75, 3.05) is 13.2 Å². The number of ether oxygens (including phenoxy) is 1. The van der Waals surface area contributed by atoms with E-state index in [2.05, 4.69) is 11.1 Å². The molecule has 2 atom stereocenters. The van der Waals surface area contributed by atoms with Gasteiger partial charge in [-0.3, -0.25) is 9.78 Å². The Labute approximate surface area is 182 Å². The Bertz CT molecular complexity index is 1060. The summed E-state index contributed by atoms with van der Waals surface area (Å²) in [5, 5.41) is 1.04. The van der Waals surface area contributed by atoms with E-state index in [1.807, 2.05) is 29.2 Å². The van der Waals surface area contributed by atoms with E-state index in [1.54, 1.807) is 18.3 Å². The fraction of sp³-hybridized carbons (Fsp3) is 0.385. The van der Waals surface area contributed by atoms with E-state index >= 15 is 0 Å². The zero-order chi connectivity index (χ0) is 21.2. The molecule has 31 heavy (non-hydrogen) atoms. The number of piperidine rings is 1. The highest BCUT2D eigenvalue weighted by atomic mass is 19.1. The molecule has 1 aliphatic heterocycles. The highest BCUT2D eigenvalue weighted by molar-refractivity contribution is 5.82. The van der Waals surface area contributed by atoms with Crippen molar-refractivity contribution in [1.82, 2.24) is 9.88 Å². The van der Waals surface area contributed by atoms with Gasteiger partial charge in [0.1, 0.15) is 11.9 Å². The predicted molar refractivity (Wildman–Crippen MR) is 118 cm³/mol. The van der Waals surface area contributed by atoms with E-state index in [0.717, 1.165) is 34.9 Å². The first-order chi connectivity index (χ1) is 15.2. The lowest BCUT2D eigenvalue weighted by molar-refractivity contribution is -0.140. The van der Waals surface area contributed by atoms with Crippen molar-refractivity contribution in [2.24, 2.45) is 5.92 Å². The molecule has 0 bridgehead atoms. The quantitative estimate of drug-likeness (QED) is 0.502. The zero-order valence-electron chi connectivity index (χ0n) is 17.5. The van der Waals surface area contributed by atoms with Gasteiger partial charge < -0.3 is 9.64 Å². The molecule has 2 aliphatic rings. The van der Waals surface area contributed by atoms with Crippen LogP contribution in [0.2, 0.25) is 0 Å². The molecule has 0 spiro atoms. The summed E-state index contributed by atoms with van der Waals surface area (Å²) < 4.78 is 20.3. The molecule has 2 fully saturated rings. The lowest BCUT2D eigenvalue weighted by atomic mass is 9.91. The van der Waals surface area contributed by atoms with E-state index in [4.69, 9.17) is 4.74 Å². The number of fused-ring (bicyclic) bond motifs is 1. The van der Waals surface area contributed by atoms with Crippen LogP contribution in [0, 0.1) is 11.7 Å². The van der Waals surface area contributed by atoms with Gasteiger partial charge in [0.2, 0.25) is 5.91 Å². The van der Waals surface area contributed by atoms with Gasteiger partial charge in [-0.25, -0.2) is 4.39 Å². The van der Waals surface area contributed by atoms with E-state index < -0.39 is 0 Å². The minimum absolute atomic E-state index is 0.133. The molecule has 160 valence electrons. The third-order valence-corrected chi connectivity index (χ3v) is 6.37. The minimum Gasteiger partial charge on any atom is -0.371 e. The van der Waals surface area contributed by atoms with Gasteiger partial charge in [-0.05, 0) is 55.4 Å². The largest absolute Gasteiger partial charge is 0.371 e. The highest BCUT2D eigenvalue weighted by Gasteiger charge is 2.37. The molecule has 5 rings (SSSR count). The lowest BCUT2D eigenvalue weighted by Gasteiger charge is -2.40. The van der Waals surface area contributed by atoms with Gasteiger partial charge in [0.15, 0.2) is 0 Å². The van der Waals surface area contributed by atoms with Crippen molar-refractivity contribution in [3.8, 4) is 0 Å². The van der Waals surface area contributed by atoms with Crippen LogP contribution in [0.25, 0.3) is 10.9 Å². The van der Waals surface area contributed by atoms with Crippen LogP contribution in [0.3, 0.4) is 0 Å². The number of nitrogens with zero attached hydrogens (tertiary/aromatic N) is 2. The average molecular weight is 419 g/mol. The summed E-state index contributed by atoms with van der Waals surface area (Å²) >= 11 is 0. The van der Waals surface area contributed by atoms with Crippen LogP contribution >= 0.6 is 0 Å². The highest BCUT2D eigenvalue weighted by Crippen LogP contribution is 2.42. The summed E-state index contributed by atoms with van der Waals surface area (Å²) in [5.74, 6) is 0.430. The Hall–Kier alpha value is -2.79. The number of hydrogen-bond donors (Lipinski definition) is 0. The maximum absolute atomic E-state index is 13.7. The molecule has 1 saturated carbocycles. The standard InChI is InChI=1S/C26H27FN2O2/c27-21-13-11-20(12-14-21)25(29-16-2-1-8-23(29)30)26(31-17-18-9-10-18)22-7-3-5-19-6-4-15-28-24(19)22/h3-7,11-15,18,25-26H,1-2,8-10,16-17H2. The SMILES string of the molecule is O=C1CCCCN1C(c1ccc(F)cc1)C(OCC1CC1)c1cccc2cccnc12. The van der Waals surface area contributed by atoms with Crippen molar-refractivity contribution in [3.63, 3.8) is 0 Å². The maximum Gasteiger partial charge on any atom is 0.223 e. The fourth-order valence-electron chi connectivity index (χ4n) is 4.53. The molecule has 5 heteroatoms. The number of likely N-dealkylation sites (tertiary alicyclic amines) is 1. The number of aromatic nitrogens is 1. The predicted octanol–water partition coefficient (Wildman–Crippen LogP) is 5.60.